The van der Waals surface area contributed by atoms with Crippen molar-refractivity contribution in [3.63, 3.8) is 0 Å². The van der Waals surface area contributed by atoms with E-state index in [0.717, 1.165) is 0 Å². The molecule has 8 heteroatoms. The molecule has 0 saturated carbocycles. The summed E-state index contributed by atoms with van der Waals surface area (Å²) in [4.78, 5) is -0.175. The largest absolute Gasteiger partial charge is 0.485 e. The number of hydrogen-bond donors (Lipinski definition) is 1. The molecule has 2 N–H and O–H groups in total. The second-order valence-corrected chi connectivity index (χ2v) is 7.04. The molecule has 17 heavy (non-hydrogen) atoms. The Hall–Kier alpha value is -0.0800. The van der Waals surface area contributed by atoms with E-state index in [2.05, 4.69) is 38.4 Å². The van der Waals surface area contributed by atoms with E-state index in [1.54, 1.807) is 0 Å². The fraction of sp³-hybridized carbons (Fsp3) is 0.111. The molecule has 0 heterocycles. The summed E-state index contributed by atoms with van der Waals surface area (Å²) in [5, 5.41) is 5.23. The summed E-state index contributed by atoms with van der Waals surface area (Å²) in [7, 11) is -3.91. The van der Waals surface area contributed by atoms with E-state index >= 15 is 0 Å². The first kappa shape index (κ1) is 15.0. The van der Waals surface area contributed by atoms with E-state index in [1.165, 1.54) is 12.1 Å². The van der Waals surface area contributed by atoms with Crippen LogP contribution in [0, 0.1) is 0 Å². The van der Waals surface area contributed by atoms with Gasteiger partial charge in [-0.2, -0.15) is 0 Å². The van der Waals surface area contributed by atoms with Crippen LogP contribution < -0.4 is 9.88 Å². The Bertz CT molecular complexity index is 560. The number of hydrogen-bond acceptors (Lipinski definition) is 3. The average molecular weight is 405 g/mol. The number of halogens is 3. The van der Waals surface area contributed by atoms with Gasteiger partial charge in [0.25, 0.3) is 0 Å². The molecule has 1 aromatic carbocycles. The maximum atomic E-state index is 11.4. The molecule has 0 aromatic heterocycles. The summed E-state index contributed by atoms with van der Waals surface area (Å²) >= 11 is 12.1. The van der Waals surface area contributed by atoms with Gasteiger partial charge < -0.3 is 4.74 Å². The van der Waals surface area contributed by atoms with Crippen LogP contribution in [0.1, 0.15) is 0 Å². The zero-order valence-electron chi connectivity index (χ0n) is 8.41. The first-order valence-electron chi connectivity index (χ1n) is 4.19. The quantitative estimate of drug-likeness (QED) is 0.837. The summed E-state index contributed by atoms with van der Waals surface area (Å²) in [6.07, 6.45) is 0. The van der Waals surface area contributed by atoms with Crippen molar-refractivity contribution in [2.24, 2.45) is 5.14 Å². The molecule has 0 aliphatic carbocycles. The highest BCUT2D eigenvalue weighted by Gasteiger charge is 2.19. The normalized spacial score (nSPS) is 11.3. The molecule has 0 atom stereocenters. The van der Waals surface area contributed by atoms with E-state index < -0.39 is 10.0 Å². The first-order chi connectivity index (χ1) is 7.71. The zero-order chi connectivity index (χ0) is 13.2. The summed E-state index contributed by atoms with van der Waals surface area (Å²) < 4.78 is 29.1. The minimum absolute atomic E-state index is 0.0120. The highest BCUT2D eigenvalue weighted by Crippen LogP contribution is 2.35. The van der Waals surface area contributed by atoms with Crippen molar-refractivity contribution in [1.82, 2.24) is 0 Å². The lowest BCUT2D eigenvalue weighted by molar-refractivity contribution is 0.351. The summed E-state index contributed by atoms with van der Waals surface area (Å²) in [5.74, 6) is 0.0120. The van der Waals surface area contributed by atoms with Crippen LogP contribution in [0.4, 0.5) is 0 Å². The molecule has 0 amide bonds. The van der Waals surface area contributed by atoms with Crippen LogP contribution >= 0.6 is 43.5 Å². The summed E-state index contributed by atoms with van der Waals surface area (Å²) in [6.45, 7) is 3.66. The molecule has 0 saturated heterocycles. The fourth-order valence-electron chi connectivity index (χ4n) is 1.04. The Balaban J connectivity index is 3.31. The number of nitrogens with two attached hydrogens (primary N) is 1. The lowest BCUT2D eigenvalue weighted by Crippen LogP contribution is -2.14. The van der Waals surface area contributed by atoms with Gasteiger partial charge in [0.1, 0.15) is 11.5 Å². The molecule has 0 aliphatic rings. The van der Waals surface area contributed by atoms with Crippen molar-refractivity contribution >= 4 is 53.5 Å². The highest BCUT2D eigenvalue weighted by molar-refractivity contribution is 9.11. The van der Waals surface area contributed by atoms with Crippen LogP contribution in [0.3, 0.4) is 0 Å². The van der Waals surface area contributed by atoms with Crippen LogP contribution in [0.25, 0.3) is 0 Å². The smallest absolute Gasteiger partial charge is 0.241 e. The lowest BCUT2D eigenvalue weighted by atomic mass is 10.3. The summed E-state index contributed by atoms with van der Waals surface area (Å²) in [6, 6.07) is 2.84. The van der Waals surface area contributed by atoms with Gasteiger partial charge >= 0.3 is 0 Å². The minimum atomic E-state index is -3.91. The zero-order valence-corrected chi connectivity index (χ0v) is 13.2. The number of rotatable bonds is 4. The van der Waals surface area contributed by atoms with Crippen molar-refractivity contribution in [2.45, 2.75) is 4.90 Å². The molecule has 0 fully saturated rings. The average Bonchev–Trinajstić information content (AvgIpc) is 2.13. The van der Waals surface area contributed by atoms with Crippen molar-refractivity contribution in [3.05, 3.63) is 32.7 Å². The molecular formula is C9H8Br2ClNO3S. The molecular weight excluding hydrogens is 397 g/mol. The Labute approximate surface area is 121 Å². The molecule has 0 unspecified atom stereocenters. The fourth-order valence-corrected chi connectivity index (χ4v) is 2.94. The monoisotopic (exact) mass is 403 g/mol. The van der Waals surface area contributed by atoms with Gasteiger partial charge in [0, 0.05) is 8.96 Å². The van der Waals surface area contributed by atoms with Crippen molar-refractivity contribution in [1.29, 1.82) is 0 Å². The molecule has 94 valence electrons. The topological polar surface area (TPSA) is 69.4 Å². The second kappa shape index (κ2) is 5.71. The molecule has 0 radical (unpaired) electrons. The third-order valence-electron chi connectivity index (χ3n) is 1.65. The van der Waals surface area contributed by atoms with Crippen LogP contribution in [0.2, 0.25) is 5.02 Å². The minimum Gasteiger partial charge on any atom is -0.485 e. The predicted octanol–water partition coefficient (Wildman–Crippen LogP) is 3.04. The maximum absolute atomic E-state index is 11.4. The van der Waals surface area contributed by atoms with Gasteiger partial charge in [-0.15, -0.1) is 0 Å². The van der Waals surface area contributed by atoms with E-state index in [0.29, 0.717) is 8.96 Å². The number of primary sulfonamides is 1. The SMILES string of the molecule is C=C(Br)COc1c(Cl)cc(Br)cc1S(N)(=O)=O. The van der Waals surface area contributed by atoms with Gasteiger partial charge in [-0.3, -0.25) is 0 Å². The molecule has 0 spiro atoms. The van der Waals surface area contributed by atoms with Gasteiger partial charge in [0.2, 0.25) is 10.0 Å². The van der Waals surface area contributed by atoms with Crippen molar-refractivity contribution in [2.75, 3.05) is 6.61 Å². The first-order valence-corrected chi connectivity index (χ1v) is 7.70. The maximum Gasteiger partial charge on any atom is 0.241 e. The third kappa shape index (κ3) is 4.26. The Morgan fingerprint density at radius 2 is 2.12 bits per heavy atom. The standard InChI is InChI=1S/C9H8Br2ClNO3S/c1-5(10)4-16-9-7(12)2-6(11)3-8(9)17(13,14)15/h2-3H,1,4H2,(H2,13,14,15). The lowest BCUT2D eigenvalue weighted by Gasteiger charge is -2.12. The van der Waals surface area contributed by atoms with Gasteiger partial charge in [-0.1, -0.05) is 50.0 Å². The Morgan fingerprint density at radius 1 is 1.53 bits per heavy atom. The number of benzene rings is 1. The van der Waals surface area contributed by atoms with Crippen LogP contribution in [0.5, 0.6) is 5.75 Å². The molecule has 1 aromatic rings. The molecule has 0 aliphatic heterocycles. The van der Waals surface area contributed by atoms with Gasteiger partial charge in [0.15, 0.2) is 5.75 Å². The molecule has 0 bridgehead atoms. The van der Waals surface area contributed by atoms with Crippen LogP contribution in [-0.4, -0.2) is 15.0 Å². The van der Waals surface area contributed by atoms with E-state index in [9.17, 15) is 8.42 Å². The van der Waals surface area contributed by atoms with Crippen molar-refractivity contribution in [3.8, 4) is 5.75 Å². The summed E-state index contributed by atoms with van der Waals surface area (Å²) in [5.41, 5.74) is 0. The highest BCUT2D eigenvalue weighted by atomic mass is 79.9. The number of ether oxygens (including phenoxy) is 1. The molecule has 1 rings (SSSR count). The Kier molecular flexibility index (Phi) is 5.03. The third-order valence-corrected chi connectivity index (χ3v) is 3.54. The van der Waals surface area contributed by atoms with Gasteiger partial charge in [-0.05, 0) is 12.1 Å². The predicted molar refractivity (Wildman–Crippen MR) is 74.1 cm³/mol. The van der Waals surface area contributed by atoms with Gasteiger partial charge in [0.05, 0.1) is 5.02 Å². The molecule has 4 nitrogen and oxygen atoms in total. The van der Waals surface area contributed by atoms with Crippen LogP contribution in [-0.2, 0) is 10.0 Å². The number of sulfonamides is 1. The van der Waals surface area contributed by atoms with E-state index in [1.807, 2.05) is 0 Å². The van der Waals surface area contributed by atoms with E-state index in [-0.39, 0.29) is 22.3 Å². The second-order valence-electron chi connectivity index (χ2n) is 3.07. The Morgan fingerprint density at radius 3 is 2.59 bits per heavy atom. The van der Waals surface area contributed by atoms with Crippen LogP contribution in [0.15, 0.2) is 32.6 Å². The van der Waals surface area contributed by atoms with Gasteiger partial charge in [-0.25, -0.2) is 13.6 Å². The van der Waals surface area contributed by atoms with E-state index in [4.69, 9.17) is 21.5 Å². The van der Waals surface area contributed by atoms with Crippen molar-refractivity contribution < 1.29 is 13.2 Å².